The van der Waals surface area contributed by atoms with Crippen LogP contribution < -0.4 is 5.32 Å². The number of aromatic nitrogens is 2. The molecule has 1 aliphatic rings. The second-order valence-corrected chi connectivity index (χ2v) is 4.94. The smallest absolute Gasteiger partial charge is 0.139 e. The highest BCUT2D eigenvalue weighted by Crippen LogP contribution is 2.26. The molecule has 0 saturated heterocycles. The maximum atomic E-state index is 13.0. The predicted octanol–water partition coefficient (Wildman–Crippen LogP) is 3.12. The summed E-state index contributed by atoms with van der Waals surface area (Å²) in [6, 6.07) is 4.97. The third kappa shape index (κ3) is 2.54. The van der Waals surface area contributed by atoms with Crippen LogP contribution in [0.5, 0.6) is 0 Å². The van der Waals surface area contributed by atoms with E-state index in [4.69, 9.17) is 11.6 Å². The van der Waals surface area contributed by atoms with Gasteiger partial charge in [0, 0.05) is 30.0 Å². The second kappa shape index (κ2) is 4.71. The Labute approximate surface area is 109 Å². The lowest BCUT2D eigenvalue weighted by atomic mass is 10.2. The second-order valence-electron chi connectivity index (χ2n) is 4.54. The molecule has 0 radical (unpaired) electrons. The number of nitrogens with zero attached hydrogens (tertiary/aromatic N) is 1. The molecule has 1 aromatic heterocycles. The predicted molar refractivity (Wildman–Crippen MR) is 68.9 cm³/mol. The minimum atomic E-state index is -0.342. The molecule has 0 aliphatic heterocycles. The number of benzene rings is 1. The molecule has 0 amide bonds. The van der Waals surface area contributed by atoms with E-state index in [0.29, 0.717) is 16.9 Å². The van der Waals surface area contributed by atoms with Crippen molar-refractivity contribution in [1.82, 2.24) is 15.3 Å². The number of aromatic amines is 1. The number of halogens is 2. The molecule has 1 fully saturated rings. The Hall–Kier alpha value is -1.39. The fraction of sp³-hybridized carbons (Fsp3) is 0.308. The van der Waals surface area contributed by atoms with E-state index >= 15 is 0 Å². The molecule has 3 rings (SSSR count). The van der Waals surface area contributed by atoms with Crippen molar-refractivity contribution in [3.63, 3.8) is 0 Å². The molecule has 94 valence electrons. The Morgan fingerprint density at radius 2 is 2.28 bits per heavy atom. The van der Waals surface area contributed by atoms with Crippen LogP contribution in [-0.2, 0) is 6.54 Å². The first-order chi connectivity index (χ1) is 8.72. The minimum absolute atomic E-state index is 0.342. The van der Waals surface area contributed by atoms with Gasteiger partial charge in [-0.2, -0.15) is 0 Å². The molecule has 0 unspecified atom stereocenters. The van der Waals surface area contributed by atoms with E-state index in [-0.39, 0.29) is 5.82 Å². The van der Waals surface area contributed by atoms with E-state index in [1.807, 2.05) is 0 Å². The molecule has 1 aliphatic carbocycles. The zero-order valence-electron chi connectivity index (χ0n) is 9.71. The molecule has 18 heavy (non-hydrogen) atoms. The van der Waals surface area contributed by atoms with Crippen LogP contribution in [0.2, 0.25) is 5.02 Å². The van der Waals surface area contributed by atoms with E-state index in [0.717, 1.165) is 17.8 Å². The summed E-state index contributed by atoms with van der Waals surface area (Å²) in [5, 5.41) is 3.76. The van der Waals surface area contributed by atoms with E-state index in [2.05, 4.69) is 15.3 Å². The number of hydrogen-bond donors (Lipinski definition) is 2. The highest BCUT2D eigenvalue weighted by atomic mass is 35.5. The molecular formula is C13H13ClFN3. The lowest BCUT2D eigenvalue weighted by Crippen LogP contribution is -2.15. The van der Waals surface area contributed by atoms with Gasteiger partial charge in [-0.3, -0.25) is 0 Å². The molecule has 2 N–H and O–H groups in total. The molecule has 2 aromatic rings. The lowest BCUT2D eigenvalue weighted by Gasteiger charge is -2.01. The van der Waals surface area contributed by atoms with Gasteiger partial charge < -0.3 is 10.3 Å². The number of hydrogen-bond acceptors (Lipinski definition) is 2. The highest BCUT2D eigenvalue weighted by molar-refractivity contribution is 6.33. The number of rotatable bonds is 4. The van der Waals surface area contributed by atoms with E-state index < -0.39 is 0 Å². The third-order valence-electron chi connectivity index (χ3n) is 2.97. The van der Waals surface area contributed by atoms with Crippen molar-refractivity contribution in [3.05, 3.63) is 40.9 Å². The highest BCUT2D eigenvalue weighted by Gasteiger charge is 2.20. The van der Waals surface area contributed by atoms with Gasteiger partial charge in [-0.25, -0.2) is 9.37 Å². The molecule has 0 bridgehead atoms. The summed E-state index contributed by atoms with van der Waals surface area (Å²) in [6.07, 6.45) is 4.29. The van der Waals surface area contributed by atoms with E-state index in [1.54, 1.807) is 12.3 Å². The zero-order valence-corrected chi connectivity index (χ0v) is 10.5. The lowest BCUT2D eigenvalue weighted by molar-refractivity contribution is 0.628. The third-order valence-corrected chi connectivity index (χ3v) is 3.29. The van der Waals surface area contributed by atoms with Crippen LogP contribution in [0.25, 0.3) is 11.4 Å². The van der Waals surface area contributed by atoms with Gasteiger partial charge in [-0.15, -0.1) is 0 Å². The summed E-state index contributed by atoms with van der Waals surface area (Å²) in [5.41, 5.74) is 1.73. The maximum absolute atomic E-state index is 13.0. The van der Waals surface area contributed by atoms with Gasteiger partial charge in [-0.1, -0.05) is 11.6 Å². The average molecular weight is 266 g/mol. The zero-order chi connectivity index (χ0) is 12.5. The standard InChI is InChI=1S/C13H13ClFN3/c14-12-5-8(15)1-4-11(12)13-17-7-10(18-13)6-16-9-2-3-9/h1,4-5,7,9,16H,2-3,6H2,(H,17,18). The fourth-order valence-corrected chi connectivity index (χ4v) is 2.07. The van der Waals surface area contributed by atoms with Gasteiger partial charge in [0.25, 0.3) is 0 Å². The van der Waals surface area contributed by atoms with Crippen molar-refractivity contribution in [2.45, 2.75) is 25.4 Å². The first-order valence-electron chi connectivity index (χ1n) is 5.95. The van der Waals surface area contributed by atoms with Gasteiger partial charge in [0.2, 0.25) is 0 Å². The Bertz CT molecular complexity index is 563. The first-order valence-corrected chi connectivity index (χ1v) is 6.33. The summed E-state index contributed by atoms with van der Waals surface area (Å²) < 4.78 is 13.0. The van der Waals surface area contributed by atoms with Gasteiger partial charge in [0.1, 0.15) is 11.6 Å². The van der Waals surface area contributed by atoms with E-state index in [9.17, 15) is 4.39 Å². The van der Waals surface area contributed by atoms with Gasteiger partial charge in [-0.05, 0) is 31.0 Å². The maximum Gasteiger partial charge on any atom is 0.139 e. The summed E-state index contributed by atoms with van der Waals surface area (Å²) in [7, 11) is 0. The fourth-order valence-electron chi connectivity index (χ4n) is 1.81. The van der Waals surface area contributed by atoms with Crippen molar-refractivity contribution in [1.29, 1.82) is 0 Å². The Balaban J connectivity index is 1.78. The normalized spacial score (nSPS) is 15.0. The monoisotopic (exact) mass is 265 g/mol. The SMILES string of the molecule is Fc1ccc(-c2ncc(CNC3CC3)[nH]2)c(Cl)c1. The van der Waals surface area contributed by atoms with Crippen molar-refractivity contribution < 1.29 is 4.39 Å². The van der Waals surface area contributed by atoms with Crippen molar-refractivity contribution in [2.75, 3.05) is 0 Å². The molecule has 1 aromatic carbocycles. The molecule has 1 saturated carbocycles. The Morgan fingerprint density at radius 1 is 1.44 bits per heavy atom. The quantitative estimate of drug-likeness (QED) is 0.892. The molecule has 3 nitrogen and oxygen atoms in total. The first kappa shape index (κ1) is 11.7. The number of H-pyrrole nitrogens is 1. The number of imidazole rings is 1. The Kier molecular flexibility index (Phi) is 3.06. The van der Waals surface area contributed by atoms with Gasteiger partial charge >= 0.3 is 0 Å². The summed E-state index contributed by atoms with van der Waals surface area (Å²) in [4.78, 5) is 7.47. The summed E-state index contributed by atoms with van der Waals surface area (Å²) in [5.74, 6) is 0.332. The van der Waals surface area contributed by atoms with E-state index in [1.165, 1.54) is 25.0 Å². The van der Waals surface area contributed by atoms with Crippen molar-refractivity contribution in [2.24, 2.45) is 0 Å². The van der Waals surface area contributed by atoms with Crippen LogP contribution in [0.4, 0.5) is 4.39 Å². The Morgan fingerprint density at radius 3 is 3.00 bits per heavy atom. The average Bonchev–Trinajstić information content (AvgIpc) is 3.05. The molecule has 5 heteroatoms. The summed E-state index contributed by atoms with van der Waals surface area (Å²) in [6.45, 7) is 0.774. The van der Waals surface area contributed by atoms with Crippen LogP contribution in [0, 0.1) is 5.82 Å². The molecule has 1 heterocycles. The largest absolute Gasteiger partial charge is 0.341 e. The summed E-state index contributed by atoms with van der Waals surface area (Å²) >= 11 is 6.00. The van der Waals surface area contributed by atoms with Crippen LogP contribution in [0.1, 0.15) is 18.5 Å². The van der Waals surface area contributed by atoms with Crippen LogP contribution in [0.3, 0.4) is 0 Å². The van der Waals surface area contributed by atoms with Crippen molar-refractivity contribution in [3.8, 4) is 11.4 Å². The van der Waals surface area contributed by atoms with Gasteiger partial charge in [0.15, 0.2) is 0 Å². The number of nitrogens with one attached hydrogen (secondary N) is 2. The molecule has 0 atom stereocenters. The van der Waals surface area contributed by atoms with Crippen LogP contribution >= 0.6 is 11.6 Å². The molecular weight excluding hydrogens is 253 g/mol. The van der Waals surface area contributed by atoms with Gasteiger partial charge in [0.05, 0.1) is 5.02 Å². The van der Waals surface area contributed by atoms with Crippen molar-refractivity contribution >= 4 is 11.6 Å². The van der Waals surface area contributed by atoms with Crippen LogP contribution in [0.15, 0.2) is 24.4 Å². The topological polar surface area (TPSA) is 40.7 Å². The minimum Gasteiger partial charge on any atom is -0.341 e. The molecule has 0 spiro atoms. The van der Waals surface area contributed by atoms with Crippen LogP contribution in [-0.4, -0.2) is 16.0 Å².